The number of benzene rings is 4. The van der Waals surface area contributed by atoms with Crippen LogP contribution in [0, 0.1) is 11.6 Å². The second kappa shape index (κ2) is 14.3. The molecule has 0 radical (unpaired) electrons. The van der Waals surface area contributed by atoms with Crippen LogP contribution < -0.4 is 21.3 Å². The van der Waals surface area contributed by atoms with E-state index in [-0.39, 0.29) is 24.7 Å². The number of halogens is 2. The summed E-state index contributed by atoms with van der Waals surface area (Å²) in [5.74, 6) is -2.13. The van der Waals surface area contributed by atoms with Gasteiger partial charge in [-0.15, -0.1) is 0 Å². The number of unbranched alkanes of at least 4 members (excludes halogenated alkanes) is 1. The first-order valence-corrected chi connectivity index (χ1v) is 13.2. The molecule has 42 heavy (non-hydrogen) atoms. The predicted molar refractivity (Wildman–Crippen MR) is 157 cm³/mol. The fraction of sp³-hybridized carbons (Fsp3) is 0.125. The van der Waals surface area contributed by atoms with Crippen molar-refractivity contribution in [3.63, 3.8) is 0 Å². The molecule has 4 N–H and O–H groups in total. The van der Waals surface area contributed by atoms with E-state index in [4.69, 9.17) is 0 Å². The van der Waals surface area contributed by atoms with E-state index in [0.29, 0.717) is 46.7 Å². The zero-order valence-electron chi connectivity index (χ0n) is 22.5. The lowest BCUT2D eigenvalue weighted by molar-refractivity contribution is -0.118. The van der Waals surface area contributed by atoms with E-state index < -0.39 is 23.4 Å². The third-order valence-electron chi connectivity index (χ3n) is 6.08. The minimum Gasteiger partial charge on any atom is -0.326 e. The monoisotopic (exact) mass is 570 g/mol. The zero-order chi connectivity index (χ0) is 29.9. The summed E-state index contributed by atoms with van der Waals surface area (Å²) in [6, 6.07) is 23.7. The fourth-order valence-corrected chi connectivity index (χ4v) is 3.97. The van der Waals surface area contributed by atoms with Crippen LogP contribution in [-0.2, 0) is 9.59 Å². The normalized spacial score (nSPS) is 10.4. The van der Waals surface area contributed by atoms with Crippen LogP contribution in [0.25, 0.3) is 0 Å². The summed E-state index contributed by atoms with van der Waals surface area (Å²) in [5, 5.41) is 10.8. The highest BCUT2D eigenvalue weighted by Crippen LogP contribution is 2.17. The number of carbonyl (C=O) groups excluding carboxylic acids is 4. The second-order valence-electron chi connectivity index (χ2n) is 9.39. The van der Waals surface area contributed by atoms with Crippen molar-refractivity contribution >= 4 is 46.4 Å². The molecule has 0 fully saturated rings. The average molecular weight is 571 g/mol. The molecule has 8 nitrogen and oxygen atoms in total. The molecule has 4 aromatic rings. The van der Waals surface area contributed by atoms with Gasteiger partial charge in [0, 0.05) is 46.7 Å². The minimum atomic E-state index is -0.408. The lowest BCUT2D eigenvalue weighted by Gasteiger charge is -2.09. The number of hydrogen-bond donors (Lipinski definition) is 4. The Balaban J connectivity index is 1.18. The maximum absolute atomic E-state index is 13.1. The van der Waals surface area contributed by atoms with Crippen LogP contribution in [-0.4, -0.2) is 23.6 Å². The molecule has 10 heteroatoms. The standard InChI is InChI=1S/C32H28F2N4O4/c33-23-11-15-25(16-12-23)37-31(41)21-5-3-7-27(19-21)35-29(39)9-1-2-10-30(40)36-28-8-4-6-22(20-28)32(42)38-26-17-13-24(34)14-18-26/h3-8,11-20H,1-2,9-10H2,(H,35,39)(H,36,40)(H,37,41)(H,38,42). The second-order valence-corrected chi connectivity index (χ2v) is 9.39. The van der Waals surface area contributed by atoms with Crippen molar-refractivity contribution in [3.05, 3.63) is 120 Å². The van der Waals surface area contributed by atoms with Gasteiger partial charge in [-0.3, -0.25) is 19.2 Å². The molecule has 0 spiro atoms. The largest absolute Gasteiger partial charge is 0.326 e. The van der Waals surface area contributed by atoms with Crippen LogP contribution in [0.15, 0.2) is 97.1 Å². The smallest absolute Gasteiger partial charge is 0.255 e. The van der Waals surface area contributed by atoms with Gasteiger partial charge in [0.25, 0.3) is 11.8 Å². The van der Waals surface area contributed by atoms with E-state index in [9.17, 15) is 28.0 Å². The summed E-state index contributed by atoms with van der Waals surface area (Å²) in [4.78, 5) is 49.8. The number of amides is 4. The molecule has 0 bridgehead atoms. The SMILES string of the molecule is O=C(CCCCC(=O)Nc1cccc(C(=O)Nc2ccc(F)cc2)c1)Nc1cccc(C(=O)Nc2ccc(F)cc2)c1. The Kier molecular flexibility index (Phi) is 10.1. The molecule has 0 aromatic heterocycles. The molecule has 0 saturated carbocycles. The Hall–Kier alpha value is -5.38. The van der Waals surface area contributed by atoms with Crippen molar-refractivity contribution in [1.82, 2.24) is 0 Å². The predicted octanol–water partition coefficient (Wildman–Crippen LogP) is 6.61. The van der Waals surface area contributed by atoms with Gasteiger partial charge in [0.05, 0.1) is 0 Å². The Bertz CT molecular complexity index is 1460. The van der Waals surface area contributed by atoms with E-state index in [1.807, 2.05) is 0 Å². The molecule has 4 amide bonds. The lowest BCUT2D eigenvalue weighted by atomic mass is 10.1. The molecular formula is C32H28F2N4O4. The van der Waals surface area contributed by atoms with E-state index in [2.05, 4.69) is 21.3 Å². The Morgan fingerprint density at radius 3 is 1.24 bits per heavy atom. The van der Waals surface area contributed by atoms with E-state index in [1.54, 1.807) is 36.4 Å². The van der Waals surface area contributed by atoms with Gasteiger partial charge in [-0.1, -0.05) is 12.1 Å². The third kappa shape index (κ3) is 9.09. The molecule has 0 atom stereocenters. The summed E-state index contributed by atoms with van der Waals surface area (Å²) in [7, 11) is 0. The minimum absolute atomic E-state index is 0.179. The van der Waals surface area contributed by atoms with E-state index >= 15 is 0 Å². The van der Waals surface area contributed by atoms with Crippen molar-refractivity contribution in [3.8, 4) is 0 Å². The summed E-state index contributed by atoms with van der Waals surface area (Å²) in [6.07, 6.45) is 1.28. The van der Waals surface area contributed by atoms with Gasteiger partial charge < -0.3 is 21.3 Å². The van der Waals surface area contributed by atoms with Gasteiger partial charge >= 0.3 is 0 Å². The van der Waals surface area contributed by atoms with E-state index in [1.165, 1.54) is 60.7 Å². The van der Waals surface area contributed by atoms with Crippen molar-refractivity contribution in [2.75, 3.05) is 21.3 Å². The molecule has 0 aliphatic carbocycles. The van der Waals surface area contributed by atoms with Gasteiger partial charge in [-0.25, -0.2) is 8.78 Å². The molecule has 4 aromatic carbocycles. The maximum atomic E-state index is 13.1. The quantitative estimate of drug-likeness (QED) is 0.152. The van der Waals surface area contributed by atoms with Crippen LogP contribution in [0.5, 0.6) is 0 Å². The van der Waals surface area contributed by atoms with Crippen molar-refractivity contribution < 1.29 is 28.0 Å². The highest BCUT2D eigenvalue weighted by molar-refractivity contribution is 6.06. The van der Waals surface area contributed by atoms with Crippen molar-refractivity contribution in [2.45, 2.75) is 25.7 Å². The molecule has 0 aliphatic rings. The molecule has 4 rings (SSSR count). The first-order chi connectivity index (χ1) is 20.2. The van der Waals surface area contributed by atoms with Gasteiger partial charge in [-0.05, 0) is 97.8 Å². The molecule has 0 heterocycles. The van der Waals surface area contributed by atoms with Crippen LogP contribution in [0.3, 0.4) is 0 Å². The molecular weight excluding hydrogens is 542 g/mol. The number of carbonyl (C=O) groups is 4. The van der Waals surface area contributed by atoms with E-state index in [0.717, 1.165) is 0 Å². The fourth-order valence-electron chi connectivity index (χ4n) is 3.97. The Labute approximate surface area is 241 Å². The number of hydrogen-bond acceptors (Lipinski definition) is 4. The topological polar surface area (TPSA) is 116 Å². The van der Waals surface area contributed by atoms with Crippen molar-refractivity contribution in [1.29, 1.82) is 0 Å². The van der Waals surface area contributed by atoms with Crippen LogP contribution in [0.4, 0.5) is 31.5 Å². The maximum Gasteiger partial charge on any atom is 0.255 e. The third-order valence-corrected chi connectivity index (χ3v) is 6.08. The Morgan fingerprint density at radius 1 is 0.476 bits per heavy atom. The summed E-state index contributed by atoms with van der Waals surface area (Å²) in [6.45, 7) is 0. The van der Waals surface area contributed by atoms with Gasteiger partial charge in [-0.2, -0.15) is 0 Å². The Morgan fingerprint density at radius 2 is 0.857 bits per heavy atom. The number of nitrogens with one attached hydrogen (secondary N) is 4. The number of anilines is 4. The van der Waals surface area contributed by atoms with Crippen LogP contribution in [0.1, 0.15) is 46.4 Å². The van der Waals surface area contributed by atoms with Gasteiger partial charge in [0.2, 0.25) is 11.8 Å². The highest BCUT2D eigenvalue weighted by Gasteiger charge is 2.11. The molecule has 0 unspecified atom stereocenters. The first-order valence-electron chi connectivity index (χ1n) is 13.2. The first kappa shape index (κ1) is 29.6. The van der Waals surface area contributed by atoms with Gasteiger partial charge in [0.15, 0.2) is 0 Å². The highest BCUT2D eigenvalue weighted by atomic mass is 19.1. The average Bonchev–Trinajstić information content (AvgIpc) is 2.98. The van der Waals surface area contributed by atoms with Crippen molar-refractivity contribution in [2.24, 2.45) is 0 Å². The number of rotatable bonds is 11. The lowest BCUT2D eigenvalue weighted by Crippen LogP contribution is -2.15. The summed E-state index contributed by atoms with van der Waals surface area (Å²) < 4.78 is 26.1. The van der Waals surface area contributed by atoms with Crippen LogP contribution >= 0.6 is 0 Å². The van der Waals surface area contributed by atoms with Gasteiger partial charge in [0.1, 0.15) is 11.6 Å². The molecule has 0 saturated heterocycles. The molecule has 0 aliphatic heterocycles. The molecule has 214 valence electrons. The van der Waals surface area contributed by atoms with Crippen LogP contribution in [0.2, 0.25) is 0 Å². The summed E-state index contributed by atoms with van der Waals surface area (Å²) >= 11 is 0. The zero-order valence-corrected chi connectivity index (χ0v) is 22.5. The summed E-state index contributed by atoms with van der Waals surface area (Å²) in [5.41, 5.74) is 2.44.